The molecule has 0 aliphatic carbocycles. The van der Waals surface area contributed by atoms with Gasteiger partial charge in [-0.2, -0.15) is 0 Å². The van der Waals surface area contributed by atoms with E-state index in [-0.39, 0.29) is 17.7 Å². The fourth-order valence-corrected chi connectivity index (χ4v) is 2.42. The molecule has 1 saturated heterocycles. The SMILES string of the molecule is CC(C)(C)c1ccc(CN2CC(C(=O)O)CC2=O)cc1. The van der Waals surface area contributed by atoms with Gasteiger partial charge >= 0.3 is 5.97 Å². The average Bonchev–Trinajstić information content (AvgIpc) is 2.71. The van der Waals surface area contributed by atoms with Crippen LogP contribution in [0.5, 0.6) is 0 Å². The van der Waals surface area contributed by atoms with Gasteiger partial charge in [0.15, 0.2) is 0 Å². The van der Waals surface area contributed by atoms with Crippen LogP contribution in [0.1, 0.15) is 38.3 Å². The zero-order valence-electron chi connectivity index (χ0n) is 12.2. The molecule has 1 aromatic carbocycles. The molecule has 4 heteroatoms. The Morgan fingerprint density at radius 2 is 1.90 bits per heavy atom. The molecular weight excluding hydrogens is 254 g/mol. The number of rotatable bonds is 3. The van der Waals surface area contributed by atoms with Gasteiger partial charge in [-0.3, -0.25) is 9.59 Å². The van der Waals surface area contributed by atoms with Crippen LogP contribution < -0.4 is 0 Å². The second kappa shape index (κ2) is 5.27. The number of carbonyl (C=O) groups excluding carboxylic acids is 1. The van der Waals surface area contributed by atoms with E-state index in [0.717, 1.165) is 5.56 Å². The summed E-state index contributed by atoms with van der Waals surface area (Å²) < 4.78 is 0. The van der Waals surface area contributed by atoms with Crippen molar-refractivity contribution < 1.29 is 14.7 Å². The van der Waals surface area contributed by atoms with Gasteiger partial charge in [0.1, 0.15) is 0 Å². The predicted octanol–water partition coefficient (Wildman–Crippen LogP) is 2.42. The number of amides is 1. The van der Waals surface area contributed by atoms with Crippen LogP contribution >= 0.6 is 0 Å². The number of aliphatic carboxylic acids is 1. The Hall–Kier alpha value is -1.84. The molecule has 1 N–H and O–H groups in total. The summed E-state index contributed by atoms with van der Waals surface area (Å²) in [6.45, 7) is 7.28. The molecule has 1 aromatic rings. The molecule has 0 saturated carbocycles. The monoisotopic (exact) mass is 275 g/mol. The lowest BCUT2D eigenvalue weighted by Gasteiger charge is -2.20. The molecule has 1 atom stereocenters. The summed E-state index contributed by atoms with van der Waals surface area (Å²) in [5.41, 5.74) is 2.39. The quantitative estimate of drug-likeness (QED) is 0.921. The third-order valence-corrected chi connectivity index (χ3v) is 3.76. The zero-order chi connectivity index (χ0) is 14.9. The second-order valence-corrected chi connectivity index (χ2v) is 6.46. The molecule has 1 amide bonds. The Balaban J connectivity index is 2.04. The van der Waals surface area contributed by atoms with Crippen molar-refractivity contribution in [2.45, 2.75) is 39.2 Å². The van der Waals surface area contributed by atoms with Crippen molar-refractivity contribution in [3.8, 4) is 0 Å². The van der Waals surface area contributed by atoms with E-state index in [9.17, 15) is 9.59 Å². The Kier molecular flexibility index (Phi) is 3.84. The molecule has 108 valence electrons. The van der Waals surface area contributed by atoms with Crippen molar-refractivity contribution in [1.29, 1.82) is 0 Å². The van der Waals surface area contributed by atoms with E-state index in [4.69, 9.17) is 5.11 Å². The molecule has 0 bridgehead atoms. The number of hydrogen-bond acceptors (Lipinski definition) is 2. The van der Waals surface area contributed by atoms with Crippen LogP contribution in [0.3, 0.4) is 0 Å². The smallest absolute Gasteiger partial charge is 0.308 e. The molecule has 4 nitrogen and oxygen atoms in total. The topological polar surface area (TPSA) is 57.6 Å². The highest BCUT2D eigenvalue weighted by Crippen LogP contribution is 2.24. The van der Waals surface area contributed by atoms with Crippen molar-refractivity contribution >= 4 is 11.9 Å². The Bertz CT molecular complexity index is 514. The number of carboxylic acid groups (broad SMARTS) is 1. The molecule has 1 fully saturated rings. The van der Waals surface area contributed by atoms with Crippen LogP contribution in [0.15, 0.2) is 24.3 Å². The molecular formula is C16H21NO3. The van der Waals surface area contributed by atoms with Gasteiger partial charge in [0.25, 0.3) is 0 Å². The minimum Gasteiger partial charge on any atom is -0.481 e. The average molecular weight is 275 g/mol. The Morgan fingerprint density at radius 1 is 1.30 bits per heavy atom. The maximum atomic E-state index is 11.8. The minimum absolute atomic E-state index is 0.0719. The maximum Gasteiger partial charge on any atom is 0.308 e. The number of nitrogens with zero attached hydrogens (tertiary/aromatic N) is 1. The molecule has 1 aliphatic rings. The second-order valence-electron chi connectivity index (χ2n) is 6.46. The highest BCUT2D eigenvalue weighted by Gasteiger charge is 2.34. The number of likely N-dealkylation sites (tertiary alicyclic amines) is 1. The van der Waals surface area contributed by atoms with Crippen LogP contribution in [-0.2, 0) is 21.5 Å². The van der Waals surface area contributed by atoms with E-state index in [0.29, 0.717) is 13.1 Å². The summed E-state index contributed by atoms with van der Waals surface area (Å²) >= 11 is 0. The van der Waals surface area contributed by atoms with E-state index < -0.39 is 11.9 Å². The highest BCUT2D eigenvalue weighted by molar-refractivity contribution is 5.86. The van der Waals surface area contributed by atoms with Crippen molar-refractivity contribution in [3.63, 3.8) is 0 Å². The molecule has 1 unspecified atom stereocenters. The lowest BCUT2D eigenvalue weighted by molar-refractivity contribution is -0.141. The summed E-state index contributed by atoms with van der Waals surface area (Å²) in [6, 6.07) is 8.18. The first kappa shape index (κ1) is 14.6. The van der Waals surface area contributed by atoms with Gasteiger partial charge < -0.3 is 10.0 Å². The summed E-state index contributed by atoms with van der Waals surface area (Å²) in [7, 11) is 0. The van der Waals surface area contributed by atoms with Gasteiger partial charge in [0.2, 0.25) is 5.91 Å². The minimum atomic E-state index is -0.885. The lowest BCUT2D eigenvalue weighted by atomic mass is 9.87. The van der Waals surface area contributed by atoms with Crippen LogP contribution in [-0.4, -0.2) is 28.4 Å². The molecule has 1 aliphatic heterocycles. The first-order valence-corrected chi connectivity index (χ1v) is 6.87. The van der Waals surface area contributed by atoms with E-state index in [2.05, 4.69) is 32.9 Å². The fraction of sp³-hybridized carbons (Fsp3) is 0.500. The van der Waals surface area contributed by atoms with Crippen molar-refractivity contribution in [1.82, 2.24) is 4.90 Å². The first-order valence-electron chi connectivity index (χ1n) is 6.87. The molecule has 20 heavy (non-hydrogen) atoms. The Morgan fingerprint density at radius 3 is 2.35 bits per heavy atom. The number of carboxylic acids is 1. The standard InChI is InChI=1S/C16H21NO3/c1-16(2,3)13-6-4-11(5-7-13)9-17-10-12(15(19)20)8-14(17)18/h4-7,12H,8-10H2,1-3H3,(H,19,20). The normalized spacial score (nSPS) is 19.4. The van der Waals surface area contributed by atoms with Gasteiger partial charge in [0.05, 0.1) is 5.92 Å². The fourth-order valence-electron chi connectivity index (χ4n) is 2.42. The third kappa shape index (κ3) is 3.18. The number of benzene rings is 1. The maximum absolute atomic E-state index is 11.8. The lowest BCUT2D eigenvalue weighted by Crippen LogP contribution is -2.25. The Labute approximate surface area is 119 Å². The van der Waals surface area contributed by atoms with E-state index in [1.54, 1.807) is 4.90 Å². The molecule has 0 aromatic heterocycles. The molecule has 2 rings (SSSR count). The van der Waals surface area contributed by atoms with Gasteiger partial charge in [-0.05, 0) is 16.5 Å². The number of hydrogen-bond donors (Lipinski definition) is 1. The third-order valence-electron chi connectivity index (χ3n) is 3.76. The summed E-state index contributed by atoms with van der Waals surface area (Å²) in [4.78, 5) is 24.3. The van der Waals surface area contributed by atoms with Crippen LogP contribution in [0.25, 0.3) is 0 Å². The van der Waals surface area contributed by atoms with Gasteiger partial charge in [-0.25, -0.2) is 0 Å². The van der Waals surface area contributed by atoms with Gasteiger partial charge in [0, 0.05) is 19.5 Å². The predicted molar refractivity (Wildman–Crippen MR) is 76.3 cm³/mol. The molecule has 0 spiro atoms. The van der Waals surface area contributed by atoms with Crippen molar-refractivity contribution in [2.24, 2.45) is 5.92 Å². The largest absolute Gasteiger partial charge is 0.481 e. The molecule has 1 heterocycles. The van der Waals surface area contributed by atoms with Crippen LogP contribution in [0.4, 0.5) is 0 Å². The highest BCUT2D eigenvalue weighted by atomic mass is 16.4. The molecule has 0 radical (unpaired) electrons. The van der Waals surface area contributed by atoms with Crippen molar-refractivity contribution in [2.75, 3.05) is 6.54 Å². The number of carbonyl (C=O) groups is 2. The van der Waals surface area contributed by atoms with Crippen LogP contribution in [0, 0.1) is 5.92 Å². The first-order chi connectivity index (χ1) is 9.27. The van der Waals surface area contributed by atoms with E-state index in [1.165, 1.54) is 5.56 Å². The van der Waals surface area contributed by atoms with Gasteiger partial charge in [-0.1, -0.05) is 45.0 Å². The summed E-state index contributed by atoms with van der Waals surface area (Å²) in [5, 5.41) is 8.96. The van der Waals surface area contributed by atoms with Crippen LogP contribution in [0.2, 0.25) is 0 Å². The van der Waals surface area contributed by atoms with E-state index in [1.807, 2.05) is 12.1 Å². The van der Waals surface area contributed by atoms with E-state index >= 15 is 0 Å². The summed E-state index contributed by atoms with van der Waals surface area (Å²) in [5.74, 6) is -1.52. The van der Waals surface area contributed by atoms with Gasteiger partial charge in [-0.15, -0.1) is 0 Å². The van der Waals surface area contributed by atoms with Crippen molar-refractivity contribution in [3.05, 3.63) is 35.4 Å². The zero-order valence-corrected chi connectivity index (χ0v) is 12.2. The summed E-state index contributed by atoms with van der Waals surface area (Å²) in [6.07, 6.45) is 0.120.